The maximum absolute atomic E-state index is 12.1. The number of nitrogens with one attached hydrogen (secondary N) is 1. The number of oxazole rings is 1. The zero-order valence-corrected chi connectivity index (χ0v) is 14.1. The lowest BCUT2D eigenvalue weighted by atomic mass is 10.1. The first-order chi connectivity index (χ1) is 10.7. The van der Waals surface area contributed by atoms with Gasteiger partial charge in [0.05, 0.1) is 18.8 Å². The average Bonchev–Trinajstić information content (AvgIpc) is 2.91. The van der Waals surface area contributed by atoms with Crippen LogP contribution in [0.4, 0.5) is 0 Å². The molecule has 2 rings (SSSR count). The smallest absolute Gasteiger partial charge is 0.289 e. The van der Waals surface area contributed by atoms with Crippen LogP contribution in [0.3, 0.4) is 0 Å². The predicted octanol–water partition coefficient (Wildman–Crippen LogP) is 1.89. The van der Waals surface area contributed by atoms with Crippen molar-refractivity contribution in [2.75, 3.05) is 13.4 Å². The van der Waals surface area contributed by atoms with Crippen LogP contribution >= 0.6 is 0 Å². The molecule has 0 spiro atoms. The Kier molecular flexibility index (Phi) is 4.74. The van der Waals surface area contributed by atoms with Crippen molar-refractivity contribution in [3.05, 3.63) is 41.6 Å². The van der Waals surface area contributed by atoms with Crippen LogP contribution in [0.5, 0.6) is 5.75 Å². The number of sulfone groups is 1. The molecule has 124 valence electrons. The summed E-state index contributed by atoms with van der Waals surface area (Å²) in [6.07, 6.45) is 2.32. The second-order valence-corrected chi connectivity index (χ2v) is 7.13. The van der Waals surface area contributed by atoms with E-state index in [1.54, 1.807) is 26.0 Å². The van der Waals surface area contributed by atoms with Gasteiger partial charge in [0, 0.05) is 6.26 Å². The number of carbonyl (C=O) groups excluding carboxylic acids is 1. The van der Waals surface area contributed by atoms with Crippen LogP contribution in [-0.2, 0) is 9.84 Å². The molecule has 1 N–H and O–H groups in total. The van der Waals surface area contributed by atoms with Gasteiger partial charge in [0.15, 0.2) is 16.2 Å². The van der Waals surface area contributed by atoms with Crippen molar-refractivity contribution >= 4 is 15.7 Å². The fourth-order valence-electron chi connectivity index (χ4n) is 2.13. The molecule has 1 unspecified atom stereocenters. The Labute approximate surface area is 134 Å². The summed E-state index contributed by atoms with van der Waals surface area (Å²) in [6, 6.07) is 4.33. The summed E-state index contributed by atoms with van der Waals surface area (Å²) < 4.78 is 33.6. The number of hydrogen-bond donors (Lipinski definition) is 1. The number of hydrogen-bond acceptors (Lipinski definition) is 6. The normalized spacial score (nSPS) is 12.7. The quantitative estimate of drug-likeness (QED) is 0.894. The number of carbonyl (C=O) groups is 1. The lowest BCUT2D eigenvalue weighted by Gasteiger charge is -2.16. The van der Waals surface area contributed by atoms with Crippen molar-refractivity contribution in [1.82, 2.24) is 10.3 Å². The summed E-state index contributed by atoms with van der Waals surface area (Å²) in [5, 5.41) is 2.77. The Balaban J connectivity index is 2.25. The molecule has 0 fully saturated rings. The van der Waals surface area contributed by atoms with Crippen LogP contribution in [0.2, 0.25) is 0 Å². The Bertz CT molecular complexity index is 826. The third-order valence-electron chi connectivity index (χ3n) is 3.39. The first-order valence-corrected chi connectivity index (χ1v) is 8.72. The maximum Gasteiger partial charge on any atom is 0.289 e. The summed E-state index contributed by atoms with van der Waals surface area (Å²) in [5.74, 6) is -0.00262. The first kappa shape index (κ1) is 17.0. The van der Waals surface area contributed by atoms with E-state index in [-0.39, 0.29) is 22.4 Å². The molecule has 1 heterocycles. The summed E-state index contributed by atoms with van der Waals surface area (Å²) in [5.41, 5.74) is 1.21. The molecule has 23 heavy (non-hydrogen) atoms. The van der Waals surface area contributed by atoms with Crippen LogP contribution in [-0.4, -0.2) is 32.7 Å². The highest BCUT2D eigenvalue weighted by Crippen LogP contribution is 2.27. The fourth-order valence-corrected chi connectivity index (χ4v) is 2.95. The van der Waals surface area contributed by atoms with E-state index in [1.807, 2.05) is 0 Å². The first-order valence-electron chi connectivity index (χ1n) is 6.83. The van der Waals surface area contributed by atoms with Gasteiger partial charge in [-0.15, -0.1) is 0 Å². The van der Waals surface area contributed by atoms with Crippen molar-refractivity contribution in [3.8, 4) is 5.75 Å². The van der Waals surface area contributed by atoms with Gasteiger partial charge in [0.25, 0.3) is 5.91 Å². The van der Waals surface area contributed by atoms with Crippen LogP contribution in [0.15, 0.2) is 33.9 Å². The topological polar surface area (TPSA) is 98.5 Å². The van der Waals surface area contributed by atoms with Crippen LogP contribution in [0, 0.1) is 6.92 Å². The molecule has 7 nitrogen and oxygen atoms in total. The molecule has 1 atom stereocenters. The predicted molar refractivity (Wildman–Crippen MR) is 83.2 cm³/mol. The maximum atomic E-state index is 12.1. The molecule has 0 aliphatic rings. The van der Waals surface area contributed by atoms with Crippen molar-refractivity contribution < 1.29 is 22.4 Å². The minimum Gasteiger partial charge on any atom is -0.495 e. The Morgan fingerprint density at radius 3 is 2.61 bits per heavy atom. The molecule has 1 aromatic heterocycles. The molecule has 0 aliphatic carbocycles. The third-order valence-corrected chi connectivity index (χ3v) is 4.52. The summed E-state index contributed by atoms with van der Waals surface area (Å²) >= 11 is 0. The molecule has 0 saturated heterocycles. The van der Waals surface area contributed by atoms with Gasteiger partial charge in [-0.2, -0.15) is 0 Å². The molecule has 8 heteroatoms. The van der Waals surface area contributed by atoms with E-state index < -0.39 is 15.7 Å². The minimum absolute atomic E-state index is 0.105. The number of nitrogens with zero attached hydrogens (tertiary/aromatic N) is 1. The van der Waals surface area contributed by atoms with E-state index in [9.17, 15) is 13.2 Å². The zero-order valence-electron chi connectivity index (χ0n) is 13.3. The SMILES string of the molecule is COc1cc(C(C)NC(=O)c2ocnc2C)ccc1S(C)(=O)=O. The largest absolute Gasteiger partial charge is 0.495 e. The lowest BCUT2D eigenvalue weighted by molar-refractivity contribution is 0.0911. The highest BCUT2D eigenvalue weighted by Gasteiger charge is 2.20. The molecule has 0 aliphatic heterocycles. The number of ether oxygens (including phenoxy) is 1. The van der Waals surface area contributed by atoms with Crippen molar-refractivity contribution in [2.45, 2.75) is 24.8 Å². The van der Waals surface area contributed by atoms with Gasteiger partial charge < -0.3 is 14.5 Å². The summed E-state index contributed by atoms with van der Waals surface area (Å²) in [4.78, 5) is 16.1. The monoisotopic (exact) mass is 338 g/mol. The molecule has 0 saturated carbocycles. The van der Waals surface area contributed by atoms with E-state index in [4.69, 9.17) is 9.15 Å². The van der Waals surface area contributed by atoms with E-state index in [2.05, 4.69) is 10.3 Å². The molecular weight excluding hydrogens is 320 g/mol. The molecule has 0 bridgehead atoms. The van der Waals surface area contributed by atoms with E-state index in [1.165, 1.54) is 19.6 Å². The zero-order chi connectivity index (χ0) is 17.2. The average molecular weight is 338 g/mol. The van der Waals surface area contributed by atoms with E-state index in [0.717, 1.165) is 6.26 Å². The van der Waals surface area contributed by atoms with Crippen LogP contribution < -0.4 is 10.1 Å². The van der Waals surface area contributed by atoms with Gasteiger partial charge in [-0.25, -0.2) is 13.4 Å². The van der Waals surface area contributed by atoms with Crippen molar-refractivity contribution in [1.29, 1.82) is 0 Å². The molecule has 0 radical (unpaired) electrons. The standard InChI is InChI=1S/C15H18N2O5S/c1-9(17-15(18)14-10(2)16-8-22-14)11-5-6-13(23(4,19)20)12(7-11)21-3/h5-9H,1-4H3,(H,17,18). The van der Waals surface area contributed by atoms with Crippen LogP contribution in [0.1, 0.15) is 34.8 Å². The van der Waals surface area contributed by atoms with Gasteiger partial charge >= 0.3 is 0 Å². The van der Waals surface area contributed by atoms with E-state index in [0.29, 0.717) is 11.3 Å². The highest BCUT2D eigenvalue weighted by molar-refractivity contribution is 7.90. The number of aryl methyl sites for hydroxylation is 1. The molecule has 1 amide bonds. The van der Waals surface area contributed by atoms with Crippen molar-refractivity contribution in [2.24, 2.45) is 0 Å². The Morgan fingerprint density at radius 1 is 1.39 bits per heavy atom. The highest BCUT2D eigenvalue weighted by atomic mass is 32.2. The van der Waals surface area contributed by atoms with Gasteiger partial charge in [-0.1, -0.05) is 6.07 Å². The number of methoxy groups -OCH3 is 1. The van der Waals surface area contributed by atoms with Gasteiger partial charge in [-0.05, 0) is 31.5 Å². The third kappa shape index (κ3) is 3.70. The van der Waals surface area contributed by atoms with Gasteiger partial charge in [0.1, 0.15) is 10.6 Å². The second-order valence-electron chi connectivity index (χ2n) is 5.14. The minimum atomic E-state index is -3.39. The number of amides is 1. The number of aromatic nitrogens is 1. The van der Waals surface area contributed by atoms with E-state index >= 15 is 0 Å². The van der Waals surface area contributed by atoms with Crippen LogP contribution in [0.25, 0.3) is 0 Å². The molecular formula is C15H18N2O5S. The lowest BCUT2D eigenvalue weighted by Crippen LogP contribution is -2.27. The summed E-state index contributed by atoms with van der Waals surface area (Å²) in [7, 11) is -1.99. The Hall–Kier alpha value is -2.35. The summed E-state index contributed by atoms with van der Waals surface area (Å²) in [6.45, 7) is 3.45. The second kappa shape index (κ2) is 6.41. The Morgan fingerprint density at radius 2 is 2.09 bits per heavy atom. The molecule has 2 aromatic rings. The molecule has 1 aromatic carbocycles. The fraction of sp³-hybridized carbons (Fsp3) is 0.333. The van der Waals surface area contributed by atoms with Gasteiger partial charge in [0.2, 0.25) is 5.76 Å². The van der Waals surface area contributed by atoms with Crippen molar-refractivity contribution in [3.63, 3.8) is 0 Å². The van der Waals surface area contributed by atoms with Gasteiger partial charge in [-0.3, -0.25) is 4.79 Å². The number of rotatable bonds is 5. The number of benzene rings is 1.